The molecule has 0 saturated carbocycles. The lowest BCUT2D eigenvalue weighted by Crippen LogP contribution is -2.52. The van der Waals surface area contributed by atoms with Gasteiger partial charge in [0.2, 0.25) is 0 Å². The minimum absolute atomic E-state index is 0.512. The Kier molecular flexibility index (Phi) is 8.29. The third kappa shape index (κ3) is 6.40. The van der Waals surface area contributed by atoms with Gasteiger partial charge in [0.1, 0.15) is 12.4 Å². The van der Waals surface area contributed by atoms with Crippen molar-refractivity contribution in [2.75, 3.05) is 46.4 Å². The fraction of sp³-hybridized carbons (Fsp3) is 0.632. The molecule has 0 amide bonds. The summed E-state index contributed by atoms with van der Waals surface area (Å²) in [7, 11) is 3.70. The maximum atomic E-state index is 6.06. The van der Waals surface area contributed by atoms with Crippen LogP contribution in [0.4, 0.5) is 0 Å². The van der Waals surface area contributed by atoms with Crippen molar-refractivity contribution in [1.82, 2.24) is 29.9 Å². The van der Waals surface area contributed by atoms with E-state index in [2.05, 4.69) is 31.4 Å². The van der Waals surface area contributed by atoms with E-state index in [9.17, 15) is 0 Å². The average molecular weight is 440 g/mol. The number of methoxy groups -OCH3 is 1. The third-order valence-corrected chi connectivity index (χ3v) is 6.26. The number of thiophene rings is 1. The lowest BCUT2D eigenvalue weighted by Gasteiger charge is -2.36. The van der Waals surface area contributed by atoms with E-state index in [4.69, 9.17) is 21.3 Å². The number of hydrogen-bond acceptors (Lipinski definition) is 6. The van der Waals surface area contributed by atoms with Crippen LogP contribution in [0.2, 0.25) is 4.34 Å². The monoisotopic (exact) mass is 439 g/mol. The van der Waals surface area contributed by atoms with Crippen LogP contribution in [0, 0.1) is 6.92 Å². The van der Waals surface area contributed by atoms with Crippen LogP contribution in [-0.4, -0.2) is 77.0 Å². The highest BCUT2D eigenvalue weighted by molar-refractivity contribution is 7.16. The van der Waals surface area contributed by atoms with E-state index in [-0.39, 0.29) is 0 Å². The molecule has 0 atom stereocenters. The van der Waals surface area contributed by atoms with Crippen molar-refractivity contribution >= 4 is 28.9 Å². The summed E-state index contributed by atoms with van der Waals surface area (Å²) in [5.74, 6) is 2.69. The first-order valence-electron chi connectivity index (χ1n) is 9.90. The van der Waals surface area contributed by atoms with Crippen molar-refractivity contribution in [3.63, 3.8) is 0 Å². The second kappa shape index (κ2) is 10.9. The number of piperazine rings is 1. The summed E-state index contributed by atoms with van der Waals surface area (Å²) >= 11 is 7.72. The average Bonchev–Trinajstić information content (AvgIpc) is 3.27. The number of guanidine groups is 1. The molecule has 0 aromatic carbocycles. The molecule has 10 heteroatoms. The number of hydrogen-bond donors (Lipinski definition) is 1. The first-order valence-corrected chi connectivity index (χ1v) is 11.1. The van der Waals surface area contributed by atoms with E-state index >= 15 is 0 Å². The Morgan fingerprint density at radius 1 is 1.28 bits per heavy atom. The van der Waals surface area contributed by atoms with Crippen LogP contribution in [0.25, 0.3) is 0 Å². The van der Waals surface area contributed by atoms with Gasteiger partial charge in [0.15, 0.2) is 11.8 Å². The molecule has 3 heterocycles. The standard InChI is InChI=1S/C19H30ClN7OS/c1-15-23-24-18(25(15)2)13-22-19(21-7-4-12-28-3)27-10-8-26(9-11-27)14-16-5-6-17(20)29-16/h5-6H,4,7-14H2,1-3H3,(H,21,22). The van der Waals surface area contributed by atoms with Gasteiger partial charge in [-0.1, -0.05) is 11.6 Å². The van der Waals surface area contributed by atoms with E-state index in [0.29, 0.717) is 6.54 Å². The van der Waals surface area contributed by atoms with Gasteiger partial charge in [0, 0.05) is 64.9 Å². The van der Waals surface area contributed by atoms with Crippen molar-refractivity contribution < 1.29 is 4.74 Å². The van der Waals surface area contributed by atoms with E-state index < -0.39 is 0 Å². The number of rotatable bonds is 8. The van der Waals surface area contributed by atoms with Crippen molar-refractivity contribution in [3.05, 3.63) is 33.0 Å². The Bertz CT molecular complexity index is 798. The number of ether oxygens (including phenoxy) is 1. The molecule has 0 aliphatic carbocycles. The molecular weight excluding hydrogens is 410 g/mol. The van der Waals surface area contributed by atoms with Gasteiger partial charge >= 0.3 is 0 Å². The minimum Gasteiger partial charge on any atom is -0.385 e. The highest BCUT2D eigenvalue weighted by Gasteiger charge is 2.20. The molecule has 0 spiro atoms. The molecule has 1 saturated heterocycles. The second-order valence-electron chi connectivity index (χ2n) is 7.10. The van der Waals surface area contributed by atoms with Gasteiger partial charge in [-0.2, -0.15) is 0 Å². The molecule has 1 aliphatic heterocycles. The van der Waals surface area contributed by atoms with Gasteiger partial charge in [-0.25, -0.2) is 4.99 Å². The zero-order chi connectivity index (χ0) is 20.6. The highest BCUT2D eigenvalue weighted by atomic mass is 35.5. The number of halogens is 1. The predicted molar refractivity (Wildman–Crippen MR) is 118 cm³/mol. The summed E-state index contributed by atoms with van der Waals surface area (Å²) in [5, 5.41) is 11.8. The van der Waals surface area contributed by atoms with E-state index in [1.165, 1.54) is 4.88 Å². The Hall–Kier alpha value is -1.68. The van der Waals surface area contributed by atoms with E-state index in [1.54, 1.807) is 18.4 Å². The number of nitrogens with zero attached hydrogens (tertiary/aromatic N) is 6. The molecule has 0 unspecified atom stereocenters. The first-order chi connectivity index (χ1) is 14.1. The van der Waals surface area contributed by atoms with Crippen LogP contribution in [0.15, 0.2) is 17.1 Å². The Morgan fingerprint density at radius 2 is 2.07 bits per heavy atom. The van der Waals surface area contributed by atoms with Crippen LogP contribution >= 0.6 is 22.9 Å². The summed E-state index contributed by atoms with van der Waals surface area (Å²) in [6.07, 6.45) is 0.942. The van der Waals surface area contributed by atoms with Crippen LogP contribution in [-0.2, 0) is 24.9 Å². The van der Waals surface area contributed by atoms with Gasteiger partial charge in [-0.15, -0.1) is 21.5 Å². The fourth-order valence-corrected chi connectivity index (χ4v) is 4.32. The molecule has 1 fully saturated rings. The molecular formula is C19H30ClN7OS. The Morgan fingerprint density at radius 3 is 2.69 bits per heavy atom. The van der Waals surface area contributed by atoms with Crippen molar-refractivity contribution in [2.24, 2.45) is 12.0 Å². The molecule has 8 nitrogen and oxygen atoms in total. The molecule has 29 heavy (non-hydrogen) atoms. The Balaban J connectivity index is 1.58. The van der Waals surface area contributed by atoms with Gasteiger partial charge in [-0.3, -0.25) is 4.90 Å². The molecule has 2 aromatic rings. The number of aromatic nitrogens is 3. The van der Waals surface area contributed by atoms with E-state index in [1.807, 2.05) is 24.6 Å². The zero-order valence-corrected chi connectivity index (χ0v) is 19.0. The van der Waals surface area contributed by atoms with Gasteiger partial charge in [0.05, 0.1) is 4.34 Å². The summed E-state index contributed by atoms with van der Waals surface area (Å²) in [6, 6.07) is 4.09. The van der Waals surface area contributed by atoms with Crippen LogP contribution in [0.5, 0.6) is 0 Å². The van der Waals surface area contributed by atoms with Gasteiger partial charge in [0.25, 0.3) is 0 Å². The summed E-state index contributed by atoms with van der Waals surface area (Å²) in [6.45, 7) is 8.85. The van der Waals surface area contributed by atoms with Crippen LogP contribution in [0.1, 0.15) is 22.9 Å². The molecule has 0 radical (unpaired) electrons. The van der Waals surface area contributed by atoms with Crippen molar-refractivity contribution in [3.8, 4) is 0 Å². The predicted octanol–water partition coefficient (Wildman–Crippen LogP) is 2.14. The zero-order valence-electron chi connectivity index (χ0n) is 17.4. The maximum absolute atomic E-state index is 6.06. The van der Waals surface area contributed by atoms with Gasteiger partial charge < -0.3 is 19.5 Å². The topological polar surface area (TPSA) is 70.8 Å². The summed E-state index contributed by atoms with van der Waals surface area (Å²) in [5.41, 5.74) is 0. The maximum Gasteiger partial charge on any atom is 0.194 e. The number of nitrogens with one attached hydrogen (secondary N) is 1. The quantitative estimate of drug-likeness (QED) is 0.386. The largest absolute Gasteiger partial charge is 0.385 e. The smallest absolute Gasteiger partial charge is 0.194 e. The minimum atomic E-state index is 0.512. The Labute approximate surface area is 181 Å². The van der Waals surface area contributed by atoms with Crippen LogP contribution < -0.4 is 5.32 Å². The first kappa shape index (κ1) is 22.0. The molecule has 2 aromatic heterocycles. The summed E-state index contributed by atoms with van der Waals surface area (Å²) in [4.78, 5) is 10.9. The third-order valence-electron chi connectivity index (χ3n) is 5.04. The van der Waals surface area contributed by atoms with Crippen molar-refractivity contribution in [1.29, 1.82) is 0 Å². The number of aryl methyl sites for hydroxylation is 1. The van der Waals surface area contributed by atoms with Gasteiger partial charge in [-0.05, 0) is 25.5 Å². The molecule has 3 rings (SSSR count). The fourth-order valence-electron chi connectivity index (χ4n) is 3.19. The number of aliphatic imine (C=N–C) groups is 1. The van der Waals surface area contributed by atoms with E-state index in [0.717, 1.165) is 74.2 Å². The summed E-state index contributed by atoms with van der Waals surface area (Å²) < 4.78 is 8.00. The lowest BCUT2D eigenvalue weighted by atomic mass is 10.3. The second-order valence-corrected chi connectivity index (χ2v) is 8.90. The normalized spacial score (nSPS) is 15.9. The molecule has 0 bridgehead atoms. The SMILES string of the molecule is COCCCNC(=NCc1nnc(C)n1C)N1CCN(Cc2ccc(Cl)s2)CC1. The van der Waals surface area contributed by atoms with Crippen molar-refractivity contribution in [2.45, 2.75) is 26.4 Å². The lowest BCUT2D eigenvalue weighted by molar-refractivity contribution is 0.172. The highest BCUT2D eigenvalue weighted by Crippen LogP contribution is 2.23. The molecule has 160 valence electrons. The molecule has 1 N–H and O–H groups in total. The van der Waals surface area contributed by atoms with Crippen LogP contribution in [0.3, 0.4) is 0 Å². The molecule has 1 aliphatic rings.